The summed E-state index contributed by atoms with van der Waals surface area (Å²) < 4.78 is 0.964. The first-order chi connectivity index (χ1) is 13.5. The maximum Gasteiger partial charge on any atom is 0.333 e. The molecule has 0 aliphatic carbocycles. The molecule has 0 saturated carbocycles. The quantitative estimate of drug-likeness (QED) is 0.691. The molecule has 1 amide bonds. The van der Waals surface area contributed by atoms with Gasteiger partial charge in [0.05, 0.1) is 22.2 Å². The molecule has 3 aromatic rings. The van der Waals surface area contributed by atoms with Gasteiger partial charge in [0.2, 0.25) is 0 Å². The number of likely N-dealkylation sites (tertiary alicyclic amines) is 1. The Hall–Kier alpha value is -2.57. The summed E-state index contributed by atoms with van der Waals surface area (Å²) in [4.78, 5) is 43.3. The fourth-order valence-corrected chi connectivity index (χ4v) is 3.89. The second-order valence-electron chi connectivity index (χ2n) is 6.77. The highest BCUT2D eigenvalue weighted by atomic mass is 35.5. The molecule has 1 N–H and O–H groups in total. The number of piperidine rings is 1. The minimum Gasteiger partial charge on any atom is -0.339 e. The number of hydrogen-bond acceptors (Lipinski definition) is 3. The van der Waals surface area contributed by atoms with Crippen LogP contribution in [0.4, 0.5) is 0 Å². The van der Waals surface area contributed by atoms with Crippen molar-refractivity contribution in [3.8, 4) is 5.69 Å². The van der Waals surface area contributed by atoms with Gasteiger partial charge >= 0.3 is 5.69 Å². The van der Waals surface area contributed by atoms with E-state index >= 15 is 0 Å². The third-order valence-corrected chi connectivity index (χ3v) is 5.40. The summed E-state index contributed by atoms with van der Waals surface area (Å²) in [6.07, 6.45) is 2.93. The topological polar surface area (TPSA) is 75.2 Å². The zero-order chi connectivity index (χ0) is 19.8. The van der Waals surface area contributed by atoms with Crippen LogP contribution in [0.2, 0.25) is 10.0 Å². The van der Waals surface area contributed by atoms with Crippen molar-refractivity contribution in [3.05, 3.63) is 72.8 Å². The van der Waals surface area contributed by atoms with E-state index in [0.29, 0.717) is 28.7 Å². The molecule has 2 aromatic carbocycles. The van der Waals surface area contributed by atoms with Crippen molar-refractivity contribution in [1.29, 1.82) is 0 Å². The average Bonchev–Trinajstić information content (AvgIpc) is 2.70. The number of carbonyl (C=O) groups is 1. The number of benzene rings is 2. The number of nitrogens with one attached hydrogen (secondary N) is 1. The van der Waals surface area contributed by atoms with Crippen molar-refractivity contribution in [2.75, 3.05) is 13.1 Å². The Labute approximate surface area is 170 Å². The zero-order valence-electron chi connectivity index (χ0n) is 14.9. The van der Waals surface area contributed by atoms with Crippen LogP contribution in [-0.2, 0) is 0 Å². The fraction of sp³-hybridized carbons (Fsp3) is 0.250. The molecule has 0 radical (unpaired) electrons. The molecule has 144 valence electrons. The van der Waals surface area contributed by atoms with E-state index in [-0.39, 0.29) is 22.5 Å². The molecule has 1 fully saturated rings. The molecule has 28 heavy (non-hydrogen) atoms. The molecule has 6 nitrogen and oxygen atoms in total. The zero-order valence-corrected chi connectivity index (χ0v) is 16.4. The van der Waals surface area contributed by atoms with Gasteiger partial charge in [0, 0.05) is 23.1 Å². The van der Waals surface area contributed by atoms with Gasteiger partial charge < -0.3 is 9.88 Å². The SMILES string of the molecule is O=C(c1cc(Cl)ccc1-n1c(=O)[nH]c2ccc(Cl)cc2c1=O)N1CCCCC1. The van der Waals surface area contributed by atoms with Crippen molar-refractivity contribution >= 4 is 40.0 Å². The molecule has 0 unspecified atom stereocenters. The molecule has 0 spiro atoms. The fourth-order valence-electron chi connectivity index (χ4n) is 3.55. The van der Waals surface area contributed by atoms with Crippen LogP contribution >= 0.6 is 23.2 Å². The Morgan fingerprint density at radius 2 is 1.61 bits per heavy atom. The number of H-pyrrole nitrogens is 1. The number of amides is 1. The standard InChI is InChI=1S/C20H17Cl2N3O3/c21-12-4-6-16-14(10-12)19(27)25(20(28)23-16)17-7-5-13(22)11-15(17)18(26)24-8-2-1-3-9-24/h4-7,10-11H,1-3,8-9H2,(H,23,28). The summed E-state index contributed by atoms with van der Waals surface area (Å²) in [5.41, 5.74) is -0.365. The van der Waals surface area contributed by atoms with Gasteiger partial charge in [0.1, 0.15) is 0 Å². The Morgan fingerprint density at radius 3 is 2.36 bits per heavy atom. The second kappa shape index (κ2) is 7.45. The van der Waals surface area contributed by atoms with Crippen molar-refractivity contribution in [3.63, 3.8) is 0 Å². The van der Waals surface area contributed by atoms with Gasteiger partial charge in [-0.3, -0.25) is 9.59 Å². The highest BCUT2D eigenvalue weighted by Crippen LogP contribution is 2.22. The number of nitrogens with zero attached hydrogens (tertiary/aromatic N) is 2. The van der Waals surface area contributed by atoms with Gasteiger partial charge in [-0.25, -0.2) is 9.36 Å². The maximum absolute atomic E-state index is 13.1. The van der Waals surface area contributed by atoms with Crippen LogP contribution in [0.1, 0.15) is 29.6 Å². The molecular formula is C20H17Cl2N3O3. The van der Waals surface area contributed by atoms with Crippen LogP contribution < -0.4 is 11.2 Å². The molecule has 0 atom stereocenters. The predicted octanol–water partition coefficient (Wildman–Crippen LogP) is 3.61. The molecule has 1 saturated heterocycles. The van der Waals surface area contributed by atoms with Gasteiger partial charge in [-0.15, -0.1) is 0 Å². The summed E-state index contributed by atoms with van der Waals surface area (Å²) in [7, 11) is 0. The minimum absolute atomic E-state index is 0.202. The smallest absolute Gasteiger partial charge is 0.333 e. The van der Waals surface area contributed by atoms with Gasteiger partial charge in [-0.05, 0) is 55.7 Å². The number of fused-ring (bicyclic) bond motifs is 1. The normalized spacial score (nSPS) is 14.4. The number of halogens is 2. The number of aromatic nitrogens is 2. The molecule has 2 heterocycles. The lowest BCUT2D eigenvalue weighted by Crippen LogP contribution is -2.38. The number of carbonyl (C=O) groups excluding carboxylic acids is 1. The summed E-state index contributed by atoms with van der Waals surface area (Å²) >= 11 is 12.1. The van der Waals surface area contributed by atoms with Crippen LogP contribution in [-0.4, -0.2) is 33.4 Å². The first kappa shape index (κ1) is 18.8. The van der Waals surface area contributed by atoms with Crippen LogP contribution in [0.25, 0.3) is 16.6 Å². The molecule has 1 aliphatic heterocycles. The Kier molecular flexibility index (Phi) is 5.00. The predicted molar refractivity (Wildman–Crippen MR) is 110 cm³/mol. The van der Waals surface area contributed by atoms with Crippen molar-refractivity contribution in [2.24, 2.45) is 0 Å². The van der Waals surface area contributed by atoms with Crippen LogP contribution in [0.15, 0.2) is 46.0 Å². The lowest BCUT2D eigenvalue weighted by molar-refractivity contribution is 0.0724. The lowest BCUT2D eigenvalue weighted by atomic mass is 10.1. The van der Waals surface area contributed by atoms with Gasteiger partial charge in [0.25, 0.3) is 11.5 Å². The molecule has 0 bridgehead atoms. The van der Waals surface area contributed by atoms with E-state index in [1.807, 2.05) is 0 Å². The van der Waals surface area contributed by atoms with Crippen molar-refractivity contribution in [1.82, 2.24) is 14.5 Å². The molecule has 1 aliphatic rings. The molecule has 8 heteroatoms. The molecule has 1 aromatic heterocycles. The van der Waals surface area contributed by atoms with E-state index in [1.54, 1.807) is 23.1 Å². The molecule has 4 rings (SSSR count). The Morgan fingerprint density at radius 1 is 0.929 bits per heavy atom. The average molecular weight is 418 g/mol. The van der Waals surface area contributed by atoms with Gasteiger partial charge in [0.15, 0.2) is 0 Å². The number of rotatable bonds is 2. The highest BCUT2D eigenvalue weighted by molar-refractivity contribution is 6.31. The maximum atomic E-state index is 13.1. The largest absolute Gasteiger partial charge is 0.339 e. The Bertz CT molecular complexity index is 1190. The van der Waals surface area contributed by atoms with E-state index in [2.05, 4.69) is 4.98 Å². The number of hydrogen-bond donors (Lipinski definition) is 1. The van der Waals surface area contributed by atoms with Crippen molar-refractivity contribution < 1.29 is 4.79 Å². The van der Waals surface area contributed by atoms with E-state index < -0.39 is 11.2 Å². The molecular weight excluding hydrogens is 401 g/mol. The first-order valence-electron chi connectivity index (χ1n) is 8.99. The second-order valence-corrected chi connectivity index (χ2v) is 7.65. The number of aromatic amines is 1. The monoisotopic (exact) mass is 417 g/mol. The highest BCUT2D eigenvalue weighted by Gasteiger charge is 2.23. The van der Waals surface area contributed by atoms with Crippen LogP contribution in [0.5, 0.6) is 0 Å². The Balaban J connectivity index is 1.94. The van der Waals surface area contributed by atoms with Crippen LogP contribution in [0.3, 0.4) is 0 Å². The van der Waals surface area contributed by atoms with E-state index in [1.165, 1.54) is 18.2 Å². The third-order valence-electron chi connectivity index (χ3n) is 4.93. The van der Waals surface area contributed by atoms with E-state index in [4.69, 9.17) is 23.2 Å². The summed E-state index contributed by atoms with van der Waals surface area (Å²) in [6, 6.07) is 9.24. The van der Waals surface area contributed by atoms with Gasteiger partial charge in [-0.1, -0.05) is 23.2 Å². The van der Waals surface area contributed by atoms with E-state index in [9.17, 15) is 14.4 Å². The lowest BCUT2D eigenvalue weighted by Gasteiger charge is -2.27. The van der Waals surface area contributed by atoms with Crippen LogP contribution in [0, 0.1) is 0 Å². The van der Waals surface area contributed by atoms with E-state index in [0.717, 1.165) is 23.8 Å². The minimum atomic E-state index is -0.630. The third kappa shape index (κ3) is 3.34. The summed E-state index contributed by atoms with van der Waals surface area (Å²) in [6.45, 7) is 1.28. The summed E-state index contributed by atoms with van der Waals surface area (Å²) in [5.74, 6) is -0.241. The first-order valence-corrected chi connectivity index (χ1v) is 9.75. The summed E-state index contributed by atoms with van der Waals surface area (Å²) in [5, 5.41) is 1.000. The van der Waals surface area contributed by atoms with Gasteiger partial charge in [-0.2, -0.15) is 0 Å². The van der Waals surface area contributed by atoms with Crippen molar-refractivity contribution in [2.45, 2.75) is 19.3 Å².